The Morgan fingerprint density at radius 2 is 1.70 bits per heavy atom. The van der Waals surface area contributed by atoms with Gasteiger partial charge in [-0.15, -0.1) is 0 Å². The van der Waals surface area contributed by atoms with Gasteiger partial charge in [0.25, 0.3) is 0 Å². The summed E-state index contributed by atoms with van der Waals surface area (Å²) in [6, 6.07) is 12.6. The molecule has 0 radical (unpaired) electrons. The normalized spacial score (nSPS) is 12.1. The molecule has 0 heterocycles. The first-order chi connectivity index (χ1) is 10.8. The van der Waals surface area contributed by atoms with Gasteiger partial charge in [0.15, 0.2) is 0 Å². The number of hydrogen-bond donors (Lipinski definition) is 1. The second-order valence-electron chi connectivity index (χ2n) is 5.23. The van der Waals surface area contributed by atoms with E-state index in [1.54, 1.807) is 25.1 Å². The second-order valence-corrected chi connectivity index (χ2v) is 5.23. The van der Waals surface area contributed by atoms with Gasteiger partial charge in [0.05, 0.1) is 5.57 Å². The second kappa shape index (κ2) is 6.69. The largest absolute Gasteiger partial charge is 0.417 e. The lowest BCUT2D eigenvalue weighted by molar-refractivity contribution is -0.112. The van der Waals surface area contributed by atoms with E-state index in [0.29, 0.717) is 11.8 Å². The van der Waals surface area contributed by atoms with Crippen molar-refractivity contribution in [3.8, 4) is 0 Å². The first-order valence-corrected chi connectivity index (χ1v) is 7.00. The summed E-state index contributed by atoms with van der Waals surface area (Å²) in [5.41, 5.74) is 1.18. The highest BCUT2D eigenvalue weighted by Gasteiger charge is 2.35. The van der Waals surface area contributed by atoms with Crippen molar-refractivity contribution in [3.05, 3.63) is 71.3 Å². The zero-order valence-corrected chi connectivity index (χ0v) is 12.7. The van der Waals surface area contributed by atoms with Crippen molar-refractivity contribution in [3.63, 3.8) is 0 Å². The van der Waals surface area contributed by atoms with Gasteiger partial charge in [-0.25, -0.2) is 0 Å². The summed E-state index contributed by atoms with van der Waals surface area (Å²) in [5, 5.41) is 2.51. The van der Waals surface area contributed by atoms with Crippen LogP contribution >= 0.6 is 0 Å². The van der Waals surface area contributed by atoms with Crippen molar-refractivity contribution >= 4 is 17.2 Å². The molecular formula is C18H16F3NO. The molecule has 0 spiro atoms. The molecule has 5 heteroatoms. The average molecular weight is 319 g/mol. The molecule has 0 aliphatic carbocycles. The molecule has 120 valence electrons. The number of benzene rings is 2. The first-order valence-electron chi connectivity index (χ1n) is 7.00. The Balaban J connectivity index is 2.32. The van der Waals surface area contributed by atoms with Gasteiger partial charge in [-0.2, -0.15) is 13.2 Å². The van der Waals surface area contributed by atoms with E-state index in [1.807, 2.05) is 13.0 Å². The van der Waals surface area contributed by atoms with Crippen molar-refractivity contribution in [1.29, 1.82) is 0 Å². The summed E-state index contributed by atoms with van der Waals surface area (Å²) >= 11 is 0. The van der Waals surface area contributed by atoms with Crippen LogP contribution in [0.3, 0.4) is 0 Å². The highest BCUT2D eigenvalue weighted by Crippen LogP contribution is 2.33. The SMILES string of the molecule is Cc1ccc(C)c(NC(=O)/C=C(/c2ccccc2)C(F)(F)F)c1. The van der Waals surface area contributed by atoms with E-state index in [9.17, 15) is 18.0 Å². The fourth-order valence-corrected chi connectivity index (χ4v) is 2.12. The number of anilines is 1. The van der Waals surface area contributed by atoms with Crippen molar-refractivity contribution in [2.45, 2.75) is 20.0 Å². The van der Waals surface area contributed by atoms with Gasteiger partial charge in [-0.1, -0.05) is 42.5 Å². The molecule has 1 N–H and O–H groups in total. The van der Waals surface area contributed by atoms with Gasteiger partial charge in [-0.3, -0.25) is 4.79 Å². The third kappa shape index (κ3) is 4.45. The molecule has 0 aromatic heterocycles. The third-order valence-corrected chi connectivity index (χ3v) is 3.32. The van der Waals surface area contributed by atoms with Crippen LogP contribution in [0.25, 0.3) is 5.57 Å². The Morgan fingerprint density at radius 3 is 2.30 bits per heavy atom. The number of rotatable bonds is 3. The molecule has 0 saturated carbocycles. The maximum absolute atomic E-state index is 13.2. The van der Waals surface area contributed by atoms with Crippen LogP contribution in [-0.4, -0.2) is 12.1 Å². The molecule has 1 amide bonds. The standard InChI is InChI=1S/C18H16F3NO/c1-12-8-9-13(2)16(10-12)22-17(23)11-15(18(19,20)21)14-6-4-3-5-7-14/h3-11H,1-2H3,(H,22,23)/b15-11-. The van der Waals surface area contributed by atoms with E-state index in [4.69, 9.17) is 0 Å². The summed E-state index contributed by atoms with van der Waals surface area (Å²) in [6.45, 7) is 3.62. The van der Waals surface area contributed by atoms with Crippen LogP contribution in [0.4, 0.5) is 18.9 Å². The minimum absolute atomic E-state index is 0.0453. The summed E-state index contributed by atoms with van der Waals surface area (Å²) in [5.74, 6) is -0.810. The molecule has 2 aromatic carbocycles. The zero-order chi connectivity index (χ0) is 17.0. The average Bonchev–Trinajstić information content (AvgIpc) is 2.48. The fourth-order valence-electron chi connectivity index (χ4n) is 2.12. The predicted molar refractivity (Wildman–Crippen MR) is 85.0 cm³/mol. The van der Waals surface area contributed by atoms with Crippen LogP contribution in [0.15, 0.2) is 54.6 Å². The molecule has 0 unspecified atom stereocenters. The Labute approximate surface area is 132 Å². The number of hydrogen-bond acceptors (Lipinski definition) is 1. The van der Waals surface area contributed by atoms with Gasteiger partial charge in [0, 0.05) is 11.8 Å². The van der Waals surface area contributed by atoms with Gasteiger partial charge >= 0.3 is 6.18 Å². The van der Waals surface area contributed by atoms with Gasteiger partial charge in [0.1, 0.15) is 0 Å². The Kier molecular flexibility index (Phi) is 4.89. The molecule has 2 nitrogen and oxygen atoms in total. The molecule has 0 fully saturated rings. The van der Waals surface area contributed by atoms with E-state index >= 15 is 0 Å². The smallest absolute Gasteiger partial charge is 0.322 e. The zero-order valence-electron chi connectivity index (χ0n) is 12.7. The monoisotopic (exact) mass is 319 g/mol. The minimum Gasteiger partial charge on any atom is -0.322 e. The van der Waals surface area contributed by atoms with Crippen LogP contribution in [0.2, 0.25) is 0 Å². The molecule has 2 aromatic rings. The van der Waals surface area contributed by atoms with Crippen LogP contribution < -0.4 is 5.32 Å². The molecule has 2 rings (SSSR count). The Morgan fingerprint density at radius 1 is 1.04 bits per heavy atom. The van der Waals surface area contributed by atoms with Crippen LogP contribution in [-0.2, 0) is 4.79 Å². The van der Waals surface area contributed by atoms with E-state index in [1.165, 1.54) is 24.3 Å². The fraction of sp³-hybridized carbons (Fsp3) is 0.167. The van der Waals surface area contributed by atoms with Crippen LogP contribution in [0, 0.1) is 13.8 Å². The molecule has 0 bridgehead atoms. The highest BCUT2D eigenvalue weighted by molar-refractivity contribution is 6.05. The number of amides is 1. The molecular weight excluding hydrogens is 303 g/mol. The lowest BCUT2D eigenvalue weighted by atomic mass is 10.0. The van der Waals surface area contributed by atoms with E-state index in [2.05, 4.69) is 5.32 Å². The van der Waals surface area contributed by atoms with Crippen molar-refractivity contribution in [2.75, 3.05) is 5.32 Å². The number of alkyl halides is 3. The van der Waals surface area contributed by atoms with Gasteiger partial charge < -0.3 is 5.32 Å². The maximum atomic E-state index is 13.2. The van der Waals surface area contributed by atoms with Gasteiger partial charge in [-0.05, 0) is 36.6 Å². The van der Waals surface area contributed by atoms with E-state index < -0.39 is 17.7 Å². The molecule has 0 aliphatic rings. The summed E-state index contributed by atoms with van der Waals surface area (Å²) in [6.07, 6.45) is -4.02. The molecule has 0 atom stereocenters. The topological polar surface area (TPSA) is 29.1 Å². The van der Waals surface area contributed by atoms with Crippen molar-refractivity contribution in [1.82, 2.24) is 0 Å². The number of carbonyl (C=O) groups is 1. The lowest BCUT2D eigenvalue weighted by Crippen LogP contribution is -2.16. The summed E-state index contributed by atoms with van der Waals surface area (Å²) in [7, 11) is 0. The lowest BCUT2D eigenvalue weighted by Gasteiger charge is -2.13. The Hall–Kier alpha value is -2.56. The highest BCUT2D eigenvalue weighted by atomic mass is 19.4. The first kappa shape index (κ1) is 16.8. The van der Waals surface area contributed by atoms with Crippen LogP contribution in [0.5, 0.6) is 0 Å². The minimum atomic E-state index is -4.61. The maximum Gasteiger partial charge on any atom is 0.417 e. The van der Waals surface area contributed by atoms with E-state index in [-0.39, 0.29) is 5.56 Å². The Bertz CT molecular complexity index is 734. The van der Waals surface area contributed by atoms with Crippen molar-refractivity contribution in [2.24, 2.45) is 0 Å². The summed E-state index contributed by atoms with van der Waals surface area (Å²) < 4.78 is 39.6. The van der Waals surface area contributed by atoms with Crippen molar-refractivity contribution < 1.29 is 18.0 Å². The molecule has 0 saturated heterocycles. The third-order valence-electron chi connectivity index (χ3n) is 3.32. The number of carbonyl (C=O) groups excluding carboxylic acids is 1. The number of allylic oxidation sites excluding steroid dienone is 1. The van der Waals surface area contributed by atoms with Gasteiger partial charge in [0.2, 0.25) is 5.91 Å². The number of halogens is 3. The predicted octanol–water partition coefficient (Wildman–Crippen LogP) is 4.89. The van der Waals surface area contributed by atoms with E-state index in [0.717, 1.165) is 11.1 Å². The summed E-state index contributed by atoms with van der Waals surface area (Å²) in [4.78, 5) is 12.0. The van der Waals surface area contributed by atoms with Crippen LogP contribution in [0.1, 0.15) is 16.7 Å². The molecule has 0 aliphatic heterocycles. The number of nitrogens with one attached hydrogen (secondary N) is 1. The molecule has 23 heavy (non-hydrogen) atoms. The number of aryl methyl sites for hydroxylation is 2. The quantitative estimate of drug-likeness (QED) is 0.802.